The molecule has 0 saturated heterocycles. The summed E-state index contributed by atoms with van der Waals surface area (Å²) in [6.45, 7) is 1.87. The minimum Gasteiger partial charge on any atom is -0.497 e. The third-order valence-electron chi connectivity index (χ3n) is 4.39. The van der Waals surface area contributed by atoms with E-state index in [9.17, 15) is 8.68 Å². The Bertz CT molecular complexity index is 1000. The number of hydrogen-bond acceptors (Lipinski definition) is 6. The SMILES string of the molecule is COc1ccc(OCCSF)c(CN(C(C)=O)c2cccnc2Oc2ccccc2)c1. The molecule has 1 aromatic heterocycles. The van der Waals surface area contributed by atoms with Gasteiger partial charge in [0.25, 0.3) is 0 Å². The van der Waals surface area contributed by atoms with Crippen molar-refractivity contribution in [1.82, 2.24) is 4.98 Å². The Balaban J connectivity index is 1.93. The maximum atomic E-state index is 12.6. The normalized spacial score (nSPS) is 10.4. The number of nitrogens with zero attached hydrogens (tertiary/aromatic N) is 2. The van der Waals surface area contributed by atoms with Gasteiger partial charge in [0.05, 0.1) is 26.0 Å². The first kappa shape index (κ1) is 22.4. The van der Waals surface area contributed by atoms with Crippen LogP contribution in [0.5, 0.6) is 23.1 Å². The van der Waals surface area contributed by atoms with Crippen molar-refractivity contribution in [3.8, 4) is 23.1 Å². The molecule has 0 N–H and O–H groups in total. The minimum atomic E-state index is -0.195. The highest BCUT2D eigenvalue weighted by molar-refractivity contribution is 7.94. The van der Waals surface area contributed by atoms with E-state index in [0.29, 0.717) is 34.4 Å². The van der Waals surface area contributed by atoms with Crippen LogP contribution in [0.15, 0.2) is 66.9 Å². The van der Waals surface area contributed by atoms with Gasteiger partial charge in [-0.1, -0.05) is 18.2 Å². The van der Waals surface area contributed by atoms with Crippen LogP contribution in [0.1, 0.15) is 12.5 Å². The number of hydrogen-bond donors (Lipinski definition) is 0. The van der Waals surface area contributed by atoms with Crippen molar-refractivity contribution in [2.45, 2.75) is 13.5 Å². The first-order valence-electron chi connectivity index (χ1n) is 9.61. The Hall–Kier alpha value is -3.26. The van der Waals surface area contributed by atoms with Crippen LogP contribution in [0.25, 0.3) is 0 Å². The molecular formula is C23H23FN2O4S. The topological polar surface area (TPSA) is 60.9 Å². The fraction of sp³-hybridized carbons (Fsp3) is 0.217. The first-order valence-corrected chi connectivity index (χ1v) is 10.5. The van der Waals surface area contributed by atoms with Crippen molar-refractivity contribution >= 4 is 23.7 Å². The number of aromatic nitrogens is 1. The molecule has 8 heteroatoms. The van der Waals surface area contributed by atoms with E-state index < -0.39 is 0 Å². The number of carbonyl (C=O) groups is 1. The molecule has 0 saturated carbocycles. The lowest BCUT2D eigenvalue weighted by molar-refractivity contribution is -0.116. The highest BCUT2D eigenvalue weighted by Gasteiger charge is 2.20. The van der Waals surface area contributed by atoms with Crippen LogP contribution in [-0.4, -0.2) is 30.4 Å². The smallest absolute Gasteiger partial charge is 0.243 e. The summed E-state index contributed by atoms with van der Waals surface area (Å²) in [5, 5.41) is 0. The summed E-state index contributed by atoms with van der Waals surface area (Å²) >= 11 is 0.214. The predicted molar refractivity (Wildman–Crippen MR) is 120 cm³/mol. The van der Waals surface area contributed by atoms with Gasteiger partial charge in [-0.05, 0) is 42.5 Å². The molecule has 3 aromatic rings. The van der Waals surface area contributed by atoms with Gasteiger partial charge in [-0.3, -0.25) is 4.79 Å². The fourth-order valence-electron chi connectivity index (χ4n) is 2.93. The Morgan fingerprint density at radius 3 is 2.61 bits per heavy atom. The zero-order chi connectivity index (χ0) is 22.1. The van der Waals surface area contributed by atoms with Crippen molar-refractivity contribution in [3.05, 3.63) is 72.4 Å². The van der Waals surface area contributed by atoms with Crippen LogP contribution in [-0.2, 0) is 11.3 Å². The van der Waals surface area contributed by atoms with Gasteiger partial charge in [-0.25, -0.2) is 4.98 Å². The first-order chi connectivity index (χ1) is 15.1. The second-order valence-corrected chi connectivity index (χ2v) is 7.11. The molecule has 1 heterocycles. The third-order valence-corrected chi connectivity index (χ3v) is 4.71. The van der Waals surface area contributed by atoms with Crippen LogP contribution in [0.2, 0.25) is 0 Å². The fourth-order valence-corrected chi connectivity index (χ4v) is 3.08. The van der Waals surface area contributed by atoms with Gasteiger partial charge in [-0.2, -0.15) is 3.89 Å². The van der Waals surface area contributed by atoms with Crippen molar-refractivity contribution in [2.75, 3.05) is 24.4 Å². The van der Waals surface area contributed by atoms with Gasteiger partial charge in [0.1, 0.15) is 22.9 Å². The lowest BCUT2D eigenvalue weighted by atomic mass is 10.1. The Morgan fingerprint density at radius 1 is 1.10 bits per heavy atom. The van der Waals surface area contributed by atoms with Crippen molar-refractivity contribution in [1.29, 1.82) is 0 Å². The molecule has 162 valence electrons. The molecule has 0 spiro atoms. The molecule has 0 aliphatic rings. The minimum absolute atomic E-state index is 0.195. The maximum absolute atomic E-state index is 12.6. The van der Waals surface area contributed by atoms with Gasteiger partial charge in [0, 0.05) is 30.8 Å². The summed E-state index contributed by atoms with van der Waals surface area (Å²) in [4.78, 5) is 18.5. The molecule has 0 atom stereocenters. The number of anilines is 1. The van der Waals surface area contributed by atoms with Crippen LogP contribution < -0.4 is 19.1 Å². The molecule has 2 aromatic carbocycles. The second kappa shape index (κ2) is 11.2. The van der Waals surface area contributed by atoms with E-state index in [2.05, 4.69) is 4.98 Å². The largest absolute Gasteiger partial charge is 0.497 e. The number of para-hydroxylation sites is 1. The molecule has 3 rings (SSSR count). The average molecular weight is 443 g/mol. The molecule has 0 bridgehead atoms. The number of methoxy groups -OCH3 is 1. The summed E-state index contributed by atoms with van der Waals surface area (Å²) in [6.07, 6.45) is 1.61. The third kappa shape index (κ3) is 6.11. The molecule has 0 radical (unpaired) electrons. The lowest BCUT2D eigenvalue weighted by Gasteiger charge is -2.24. The van der Waals surface area contributed by atoms with Crippen LogP contribution in [0.3, 0.4) is 0 Å². The molecular weight excluding hydrogens is 419 g/mol. The highest BCUT2D eigenvalue weighted by atomic mass is 32.2. The average Bonchev–Trinajstić information content (AvgIpc) is 2.79. The van der Waals surface area contributed by atoms with E-state index in [1.54, 1.807) is 48.5 Å². The van der Waals surface area contributed by atoms with Gasteiger partial charge >= 0.3 is 0 Å². The molecule has 31 heavy (non-hydrogen) atoms. The van der Waals surface area contributed by atoms with E-state index in [4.69, 9.17) is 14.2 Å². The molecule has 0 fully saturated rings. The van der Waals surface area contributed by atoms with E-state index in [1.807, 2.05) is 30.3 Å². The Kier molecular flexibility index (Phi) is 8.12. The monoisotopic (exact) mass is 442 g/mol. The van der Waals surface area contributed by atoms with E-state index in [1.165, 1.54) is 6.92 Å². The quantitative estimate of drug-likeness (QED) is 0.390. The highest BCUT2D eigenvalue weighted by Crippen LogP contribution is 2.33. The molecule has 0 aliphatic heterocycles. The van der Waals surface area contributed by atoms with Crippen molar-refractivity contribution < 1.29 is 22.9 Å². The van der Waals surface area contributed by atoms with E-state index in [0.717, 1.165) is 0 Å². The van der Waals surface area contributed by atoms with Gasteiger partial charge in [0.2, 0.25) is 11.8 Å². The Morgan fingerprint density at radius 2 is 1.90 bits per heavy atom. The summed E-state index contributed by atoms with van der Waals surface area (Å²) < 4.78 is 29.4. The van der Waals surface area contributed by atoms with E-state index in [-0.39, 0.29) is 37.0 Å². The molecule has 0 unspecified atom stereocenters. The standard InChI is InChI=1S/C23H23FN2O4S/c1-17(27)26(16-18-15-20(28-2)10-11-22(18)29-13-14-31-24)21-9-6-12-25-23(21)30-19-7-4-3-5-8-19/h3-12,15H,13-14,16H2,1-2H3. The number of halogens is 1. The second-order valence-electron chi connectivity index (χ2n) is 6.48. The predicted octanol–water partition coefficient (Wildman–Crippen LogP) is 5.43. The number of amides is 1. The number of rotatable bonds is 10. The van der Waals surface area contributed by atoms with Gasteiger partial charge < -0.3 is 19.1 Å². The summed E-state index contributed by atoms with van der Waals surface area (Å²) in [5.74, 6) is 2.11. The molecule has 0 aliphatic carbocycles. The van der Waals surface area contributed by atoms with Crippen molar-refractivity contribution in [3.63, 3.8) is 0 Å². The number of pyridine rings is 1. The molecule has 6 nitrogen and oxygen atoms in total. The van der Waals surface area contributed by atoms with Gasteiger partial charge in [-0.15, -0.1) is 0 Å². The lowest BCUT2D eigenvalue weighted by Crippen LogP contribution is -2.28. The maximum Gasteiger partial charge on any atom is 0.243 e. The van der Waals surface area contributed by atoms with Crippen LogP contribution in [0, 0.1) is 0 Å². The summed E-state index contributed by atoms with van der Waals surface area (Å²) in [7, 11) is 1.56. The van der Waals surface area contributed by atoms with Crippen LogP contribution in [0.4, 0.5) is 9.57 Å². The number of carbonyl (C=O) groups excluding carboxylic acids is 1. The van der Waals surface area contributed by atoms with Gasteiger partial charge in [0.15, 0.2) is 0 Å². The van der Waals surface area contributed by atoms with Crippen LogP contribution >= 0.6 is 12.1 Å². The zero-order valence-corrected chi connectivity index (χ0v) is 18.1. The van der Waals surface area contributed by atoms with E-state index >= 15 is 0 Å². The zero-order valence-electron chi connectivity index (χ0n) is 17.3. The molecule has 1 amide bonds. The summed E-state index contributed by atoms with van der Waals surface area (Å²) in [5.41, 5.74) is 1.24. The van der Waals surface area contributed by atoms with Crippen molar-refractivity contribution in [2.24, 2.45) is 0 Å². The summed E-state index contributed by atoms with van der Waals surface area (Å²) in [6, 6.07) is 18.0. The number of benzene rings is 2. The Labute approximate surface area is 185 Å². The number of ether oxygens (including phenoxy) is 3.